The Morgan fingerprint density at radius 1 is 1.24 bits per heavy atom. The molecule has 1 aromatic carbocycles. The van der Waals surface area contributed by atoms with Crippen molar-refractivity contribution in [3.8, 4) is 11.3 Å². The average molecular weight is 516 g/mol. The number of aromatic nitrogens is 4. The van der Waals surface area contributed by atoms with Crippen LogP contribution in [0.1, 0.15) is 35.1 Å². The lowest BCUT2D eigenvalue weighted by molar-refractivity contribution is -0.127. The summed E-state index contributed by atoms with van der Waals surface area (Å²) in [5.41, 5.74) is 7.45. The lowest BCUT2D eigenvalue weighted by atomic mass is 10.1. The zero-order valence-corrected chi connectivity index (χ0v) is 20.7. The van der Waals surface area contributed by atoms with Crippen LogP contribution in [0.4, 0.5) is 16.0 Å². The quantitative estimate of drug-likeness (QED) is 0.360. The number of nitrogens with one attached hydrogen (secondary N) is 1. The topological polar surface area (TPSA) is 128 Å². The number of anilines is 2. The van der Waals surface area contributed by atoms with Gasteiger partial charge in [-0.05, 0) is 37.1 Å². The lowest BCUT2D eigenvalue weighted by Crippen LogP contribution is -2.30. The Balaban J connectivity index is 1.50. The van der Waals surface area contributed by atoms with Crippen molar-refractivity contribution in [2.45, 2.75) is 18.9 Å². The van der Waals surface area contributed by atoms with Crippen molar-refractivity contribution < 1.29 is 18.7 Å². The highest BCUT2D eigenvalue weighted by molar-refractivity contribution is 6.04. The van der Waals surface area contributed by atoms with E-state index in [0.29, 0.717) is 48.0 Å². The number of likely N-dealkylation sites (tertiary alicyclic amines) is 1. The van der Waals surface area contributed by atoms with Gasteiger partial charge in [0.2, 0.25) is 5.91 Å². The molecule has 1 fully saturated rings. The number of fused-ring (bicyclic) bond motifs is 1. The molecule has 1 saturated heterocycles. The molecule has 1 aliphatic rings. The highest BCUT2D eigenvalue weighted by Gasteiger charge is 2.33. The molecule has 11 heteroatoms. The molecule has 38 heavy (non-hydrogen) atoms. The van der Waals surface area contributed by atoms with Crippen LogP contribution in [-0.4, -0.2) is 56.3 Å². The number of pyridine rings is 1. The minimum Gasteiger partial charge on any atom is -0.382 e. The molecule has 3 N–H and O–H groups in total. The molecule has 0 aliphatic carbocycles. The third-order valence-electron chi connectivity index (χ3n) is 6.36. The van der Waals surface area contributed by atoms with Crippen LogP contribution in [0, 0.1) is 5.82 Å². The van der Waals surface area contributed by atoms with Gasteiger partial charge >= 0.3 is 0 Å². The lowest BCUT2D eigenvalue weighted by Gasteiger charge is -2.22. The summed E-state index contributed by atoms with van der Waals surface area (Å²) in [5.74, 6) is -0.341. The van der Waals surface area contributed by atoms with Crippen LogP contribution >= 0.6 is 0 Å². The molecule has 1 atom stereocenters. The number of nitrogens with zero attached hydrogens (tertiary/aromatic N) is 5. The van der Waals surface area contributed by atoms with Crippen molar-refractivity contribution in [3.63, 3.8) is 0 Å². The van der Waals surface area contributed by atoms with Gasteiger partial charge in [0.05, 0.1) is 18.2 Å². The maximum atomic E-state index is 15.2. The van der Waals surface area contributed by atoms with Gasteiger partial charge in [-0.25, -0.2) is 19.3 Å². The molecule has 2 amide bonds. The molecule has 4 aromatic rings. The van der Waals surface area contributed by atoms with Crippen molar-refractivity contribution in [1.29, 1.82) is 0 Å². The number of amides is 2. The Bertz CT molecular complexity index is 1520. The van der Waals surface area contributed by atoms with Gasteiger partial charge in [0.15, 0.2) is 0 Å². The largest absolute Gasteiger partial charge is 0.382 e. The van der Waals surface area contributed by atoms with E-state index in [1.165, 1.54) is 24.4 Å². The van der Waals surface area contributed by atoms with Crippen molar-refractivity contribution in [1.82, 2.24) is 24.3 Å². The van der Waals surface area contributed by atoms with Gasteiger partial charge in [-0.1, -0.05) is 18.2 Å². The SMILES string of the molecule is COC/C=C/C(=O)N1CCC[C@H]1c1nc(-c2ccc(C(=O)Nc3ccccn3)c(F)c2)c2c(N)nccn12. The number of nitrogens with two attached hydrogens (primary N) is 1. The summed E-state index contributed by atoms with van der Waals surface area (Å²) in [7, 11) is 1.56. The zero-order chi connectivity index (χ0) is 26.6. The molecule has 1 aliphatic heterocycles. The smallest absolute Gasteiger partial charge is 0.259 e. The predicted octanol–water partition coefficient (Wildman–Crippen LogP) is 3.63. The van der Waals surface area contributed by atoms with Crippen LogP contribution in [-0.2, 0) is 9.53 Å². The van der Waals surface area contributed by atoms with Crippen LogP contribution in [0.15, 0.2) is 67.1 Å². The van der Waals surface area contributed by atoms with E-state index >= 15 is 4.39 Å². The molecule has 3 aromatic heterocycles. The van der Waals surface area contributed by atoms with E-state index in [1.807, 2.05) is 0 Å². The van der Waals surface area contributed by atoms with E-state index in [4.69, 9.17) is 15.5 Å². The van der Waals surface area contributed by atoms with Gasteiger partial charge in [0, 0.05) is 43.9 Å². The van der Waals surface area contributed by atoms with Gasteiger partial charge in [0.25, 0.3) is 5.91 Å². The van der Waals surface area contributed by atoms with Crippen LogP contribution in [0.3, 0.4) is 0 Å². The Labute approximate surface area is 218 Å². The highest BCUT2D eigenvalue weighted by atomic mass is 19.1. The molecule has 5 rings (SSSR count). The van der Waals surface area contributed by atoms with E-state index in [2.05, 4.69) is 15.3 Å². The summed E-state index contributed by atoms with van der Waals surface area (Å²) in [6, 6.07) is 9.00. The zero-order valence-electron chi connectivity index (χ0n) is 20.7. The first-order valence-corrected chi connectivity index (χ1v) is 12.1. The first-order chi connectivity index (χ1) is 18.5. The van der Waals surface area contributed by atoms with E-state index < -0.39 is 11.7 Å². The summed E-state index contributed by atoms with van der Waals surface area (Å²) in [6.07, 6.45) is 9.51. The van der Waals surface area contributed by atoms with E-state index in [-0.39, 0.29) is 23.3 Å². The Kier molecular flexibility index (Phi) is 7.09. The Morgan fingerprint density at radius 3 is 2.87 bits per heavy atom. The normalized spacial score (nSPS) is 15.4. The van der Waals surface area contributed by atoms with Crippen molar-refractivity contribution in [2.75, 3.05) is 31.3 Å². The number of imidazole rings is 1. The molecular formula is C27H26FN7O3. The molecule has 10 nitrogen and oxygen atoms in total. The molecule has 4 heterocycles. The number of carbonyl (C=O) groups is 2. The van der Waals surface area contributed by atoms with Crippen molar-refractivity contribution in [3.05, 3.63) is 84.3 Å². The molecule has 0 bridgehead atoms. The number of benzene rings is 1. The molecule has 194 valence electrons. The van der Waals surface area contributed by atoms with Crippen LogP contribution < -0.4 is 11.1 Å². The van der Waals surface area contributed by atoms with E-state index in [0.717, 1.165) is 6.42 Å². The fourth-order valence-corrected chi connectivity index (χ4v) is 4.63. The van der Waals surface area contributed by atoms with Crippen molar-refractivity contribution in [2.24, 2.45) is 0 Å². The maximum Gasteiger partial charge on any atom is 0.259 e. The third kappa shape index (κ3) is 4.83. The average Bonchev–Trinajstić information content (AvgIpc) is 3.55. The maximum absolute atomic E-state index is 15.2. The molecular weight excluding hydrogens is 489 g/mol. The third-order valence-corrected chi connectivity index (χ3v) is 6.36. The van der Waals surface area contributed by atoms with Crippen LogP contribution in [0.5, 0.6) is 0 Å². The monoisotopic (exact) mass is 515 g/mol. The fourth-order valence-electron chi connectivity index (χ4n) is 4.63. The fraction of sp³-hybridized carbons (Fsp3) is 0.222. The molecule has 0 spiro atoms. The Hall–Kier alpha value is -4.64. The molecule has 0 saturated carbocycles. The summed E-state index contributed by atoms with van der Waals surface area (Å²) >= 11 is 0. The minimum absolute atomic E-state index is 0.135. The first-order valence-electron chi connectivity index (χ1n) is 12.1. The van der Waals surface area contributed by atoms with E-state index in [1.54, 1.807) is 59.1 Å². The van der Waals surface area contributed by atoms with Gasteiger partial charge in [-0.15, -0.1) is 0 Å². The van der Waals surface area contributed by atoms with Gasteiger partial charge < -0.3 is 20.7 Å². The summed E-state index contributed by atoms with van der Waals surface area (Å²) in [6.45, 7) is 0.921. The number of carbonyl (C=O) groups excluding carboxylic acids is 2. The molecule has 0 unspecified atom stereocenters. The van der Waals surface area contributed by atoms with Crippen molar-refractivity contribution >= 4 is 29.0 Å². The van der Waals surface area contributed by atoms with Gasteiger partial charge in [-0.2, -0.15) is 0 Å². The second-order valence-corrected chi connectivity index (χ2v) is 8.76. The molecule has 0 radical (unpaired) electrons. The number of methoxy groups -OCH3 is 1. The van der Waals surface area contributed by atoms with Crippen LogP contribution in [0.2, 0.25) is 0 Å². The number of nitrogen functional groups attached to an aromatic ring is 1. The first kappa shape index (κ1) is 25.0. The summed E-state index contributed by atoms with van der Waals surface area (Å²) in [4.78, 5) is 40.3. The second-order valence-electron chi connectivity index (χ2n) is 8.76. The number of hydrogen-bond donors (Lipinski definition) is 2. The van der Waals surface area contributed by atoms with Gasteiger partial charge in [0.1, 0.15) is 34.5 Å². The second kappa shape index (κ2) is 10.8. The predicted molar refractivity (Wildman–Crippen MR) is 140 cm³/mol. The van der Waals surface area contributed by atoms with E-state index in [9.17, 15) is 9.59 Å². The van der Waals surface area contributed by atoms with Crippen LogP contribution in [0.25, 0.3) is 16.8 Å². The number of hydrogen-bond acceptors (Lipinski definition) is 7. The summed E-state index contributed by atoms with van der Waals surface area (Å²) in [5, 5.41) is 2.58. The number of rotatable bonds is 7. The minimum atomic E-state index is -0.720. The number of halogens is 1. The Morgan fingerprint density at radius 2 is 2.11 bits per heavy atom. The highest BCUT2D eigenvalue weighted by Crippen LogP contribution is 2.36. The number of ether oxygens (including phenoxy) is 1. The van der Waals surface area contributed by atoms with Gasteiger partial charge in [-0.3, -0.25) is 14.0 Å². The standard InChI is InChI=1S/C27H26FN7O3/c1-38-15-5-8-22(36)34-13-4-6-20(34)26-33-23(24-25(29)31-12-14-35(24)26)17-9-10-18(19(28)16-17)27(37)32-21-7-2-3-11-30-21/h2-3,5,7-12,14,16,20H,4,6,13,15H2,1H3,(H2,29,31)(H,30,32,37)/b8-5+/t20-/m0/s1. The summed E-state index contributed by atoms with van der Waals surface area (Å²) < 4.78 is 22.0.